The SMILES string of the molecule is Cc1c(NC(=O)COc2ccc([N+](=O)[O-])c(F)c2)c(=O)n(-c2ccccc2)n1C. The quantitative estimate of drug-likeness (QED) is 0.505. The summed E-state index contributed by atoms with van der Waals surface area (Å²) < 4.78 is 21.8. The fourth-order valence-electron chi connectivity index (χ4n) is 2.76. The summed E-state index contributed by atoms with van der Waals surface area (Å²) in [6.07, 6.45) is 0. The van der Waals surface area contributed by atoms with Gasteiger partial charge in [-0.05, 0) is 25.1 Å². The van der Waals surface area contributed by atoms with Gasteiger partial charge in [-0.15, -0.1) is 0 Å². The van der Waals surface area contributed by atoms with Crippen molar-refractivity contribution in [3.63, 3.8) is 0 Å². The number of hydrogen-bond acceptors (Lipinski definition) is 5. The molecule has 0 saturated carbocycles. The molecule has 3 rings (SSSR count). The summed E-state index contributed by atoms with van der Waals surface area (Å²) in [4.78, 5) is 34.7. The minimum atomic E-state index is -1.07. The van der Waals surface area contributed by atoms with Crippen molar-refractivity contribution in [1.29, 1.82) is 0 Å². The summed E-state index contributed by atoms with van der Waals surface area (Å²) in [5.74, 6) is -1.75. The number of halogens is 1. The Bertz CT molecular complexity index is 1140. The standard InChI is InChI=1S/C19H17FN4O5/c1-12-18(19(26)23(22(12)2)13-6-4-3-5-7-13)21-17(25)11-29-14-8-9-16(24(27)28)15(20)10-14/h3-10H,11H2,1-2H3,(H,21,25). The van der Waals surface area contributed by atoms with Crippen LogP contribution in [0.2, 0.25) is 0 Å². The molecule has 10 heteroatoms. The van der Waals surface area contributed by atoms with Gasteiger partial charge >= 0.3 is 5.69 Å². The molecule has 0 aliphatic heterocycles. The van der Waals surface area contributed by atoms with Gasteiger partial charge in [0.25, 0.3) is 11.5 Å². The van der Waals surface area contributed by atoms with Gasteiger partial charge in [-0.1, -0.05) is 18.2 Å². The molecule has 1 amide bonds. The summed E-state index contributed by atoms with van der Waals surface area (Å²) >= 11 is 0. The fraction of sp³-hybridized carbons (Fsp3) is 0.158. The molecule has 1 heterocycles. The zero-order valence-corrected chi connectivity index (χ0v) is 15.6. The molecule has 0 saturated heterocycles. The summed E-state index contributed by atoms with van der Waals surface area (Å²) in [7, 11) is 1.69. The number of nitrogens with one attached hydrogen (secondary N) is 1. The van der Waals surface area contributed by atoms with E-state index < -0.39 is 34.5 Å². The number of rotatable bonds is 6. The van der Waals surface area contributed by atoms with Crippen LogP contribution in [-0.2, 0) is 11.8 Å². The van der Waals surface area contributed by atoms with E-state index in [1.165, 1.54) is 10.7 Å². The molecule has 0 fully saturated rings. The maximum absolute atomic E-state index is 13.6. The molecular weight excluding hydrogens is 383 g/mol. The van der Waals surface area contributed by atoms with Crippen molar-refractivity contribution in [2.45, 2.75) is 6.92 Å². The second-order valence-corrected chi connectivity index (χ2v) is 6.14. The minimum absolute atomic E-state index is 0.0465. The zero-order valence-electron chi connectivity index (χ0n) is 15.6. The first kappa shape index (κ1) is 19.8. The highest BCUT2D eigenvalue weighted by Crippen LogP contribution is 2.22. The Hall–Kier alpha value is -3.95. The van der Waals surface area contributed by atoms with Crippen molar-refractivity contribution >= 4 is 17.3 Å². The number of ether oxygens (including phenoxy) is 1. The second kappa shape index (κ2) is 7.97. The average Bonchev–Trinajstić information content (AvgIpc) is 2.90. The lowest BCUT2D eigenvalue weighted by molar-refractivity contribution is -0.387. The molecule has 3 aromatic rings. The number of aromatic nitrogens is 2. The number of amides is 1. The van der Waals surface area contributed by atoms with E-state index in [4.69, 9.17) is 4.74 Å². The predicted molar refractivity (Wildman–Crippen MR) is 103 cm³/mol. The largest absolute Gasteiger partial charge is 0.484 e. The van der Waals surface area contributed by atoms with E-state index >= 15 is 0 Å². The molecule has 2 aromatic carbocycles. The van der Waals surface area contributed by atoms with Crippen molar-refractivity contribution in [2.75, 3.05) is 11.9 Å². The predicted octanol–water partition coefficient (Wildman–Crippen LogP) is 2.55. The topological polar surface area (TPSA) is 108 Å². The van der Waals surface area contributed by atoms with E-state index in [9.17, 15) is 24.1 Å². The number of carbonyl (C=O) groups excluding carboxylic acids is 1. The van der Waals surface area contributed by atoms with Crippen LogP contribution in [0.15, 0.2) is 53.3 Å². The third-order valence-corrected chi connectivity index (χ3v) is 4.30. The molecule has 0 atom stereocenters. The number of carbonyl (C=O) groups is 1. The van der Waals surface area contributed by atoms with Crippen molar-refractivity contribution in [2.24, 2.45) is 7.05 Å². The lowest BCUT2D eigenvalue weighted by atomic mass is 10.3. The maximum Gasteiger partial charge on any atom is 0.305 e. The molecule has 150 valence electrons. The second-order valence-electron chi connectivity index (χ2n) is 6.14. The third kappa shape index (κ3) is 4.00. The average molecular weight is 400 g/mol. The molecular formula is C19H17FN4O5. The molecule has 0 radical (unpaired) electrons. The first-order valence-electron chi connectivity index (χ1n) is 8.50. The number of anilines is 1. The molecule has 0 spiro atoms. The van der Waals surface area contributed by atoms with E-state index in [0.717, 1.165) is 12.1 Å². The Morgan fingerprint density at radius 3 is 2.55 bits per heavy atom. The Labute approximate surface area is 164 Å². The van der Waals surface area contributed by atoms with E-state index in [2.05, 4.69) is 5.32 Å². The van der Waals surface area contributed by atoms with Crippen LogP contribution in [0.3, 0.4) is 0 Å². The fourth-order valence-corrected chi connectivity index (χ4v) is 2.76. The number of nitro benzene ring substituents is 1. The highest BCUT2D eigenvalue weighted by Gasteiger charge is 2.19. The maximum atomic E-state index is 13.6. The minimum Gasteiger partial charge on any atom is -0.484 e. The van der Waals surface area contributed by atoms with Crippen LogP contribution < -0.4 is 15.6 Å². The molecule has 0 bridgehead atoms. The lowest BCUT2D eigenvalue weighted by Crippen LogP contribution is -2.25. The Morgan fingerprint density at radius 1 is 1.24 bits per heavy atom. The highest BCUT2D eigenvalue weighted by molar-refractivity contribution is 5.92. The molecule has 9 nitrogen and oxygen atoms in total. The molecule has 1 aromatic heterocycles. The smallest absolute Gasteiger partial charge is 0.305 e. The summed E-state index contributed by atoms with van der Waals surface area (Å²) in [6, 6.07) is 11.9. The first-order valence-corrected chi connectivity index (χ1v) is 8.50. The van der Waals surface area contributed by atoms with Crippen molar-refractivity contribution in [1.82, 2.24) is 9.36 Å². The molecule has 0 aliphatic rings. The lowest BCUT2D eigenvalue weighted by Gasteiger charge is -2.07. The van der Waals surface area contributed by atoms with Gasteiger partial charge in [0.05, 0.1) is 16.3 Å². The monoisotopic (exact) mass is 400 g/mol. The Balaban J connectivity index is 1.74. The van der Waals surface area contributed by atoms with Gasteiger partial charge in [0.2, 0.25) is 5.82 Å². The zero-order chi connectivity index (χ0) is 21.1. The van der Waals surface area contributed by atoms with Gasteiger partial charge in [0.15, 0.2) is 6.61 Å². The summed E-state index contributed by atoms with van der Waals surface area (Å²) in [5.41, 5.74) is 0.170. The number of benzene rings is 2. The van der Waals surface area contributed by atoms with Crippen molar-refractivity contribution in [3.05, 3.63) is 80.5 Å². The van der Waals surface area contributed by atoms with Gasteiger partial charge in [0, 0.05) is 19.2 Å². The van der Waals surface area contributed by atoms with E-state index in [1.54, 1.807) is 42.9 Å². The van der Waals surface area contributed by atoms with E-state index in [1.807, 2.05) is 6.07 Å². The van der Waals surface area contributed by atoms with Gasteiger partial charge in [-0.2, -0.15) is 4.39 Å². The third-order valence-electron chi connectivity index (χ3n) is 4.30. The van der Waals surface area contributed by atoms with Crippen molar-refractivity contribution < 1.29 is 18.8 Å². The van der Waals surface area contributed by atoms with Gasteiger partial charge in [-0.3, -0.25) is 24.4 Å². The molecule has 1 N–H and O–H groups in total. The van der Waals surface area contributed by atoms with Crippen molar-refractivity contribution in [3.8, 4) is 11.4 Å². The summed E-state index contributed by atoms with van der Waals surface area (Å²) in [5, 5.41) is 13.1. The van der Waals surface area contributed by atoms with E-state index in [0.29, 0.717) is 11.4 Å². The molecule has 0 unspecified atom stereocenters. The van der Waals surface area contributed by atoms with Crippen LogP contribution >= 0.6 is 0 Å². The van der Waals surface area contributed by atoms with Crippen LogP contribution in [0.4, 0.5) is 15.8 Å². The first-order chi connectivity index (χ1) is 13.8. The number of nitro groups is 1. The van der Waals surface area contributed by atoms with Gasteiger partial charge in [-0.25, -0.2) is 4.68 Å². The summed E-state index contributed by atoms with van der Waals surface area (Å²) in [6.45, 7) is 1.18. The van der Waals surface area contributed by atoms with Crippen LogP contribution in [0.25, 0.3) is 5.69 Å². The van der Waals surface area contributed by atoms with Crippen LogP contribution in [0, 0.1) is 22.9 Å². The number of hydrogen-bond donors (Lipinski definition) is 1. The van der Waals surface area contributed by atoms with Crippen LogP contribution in [0.5, 0.6) is 5.75 Å². The van der Waals surface area contributed by atoms with Crippen LogP contribution in [-0.4, -0.2) is 26.8 Å². The molecule has 29 heavy (non-hydrogen) atoms. The van der Waals surface area contributed by atoms with Gasteiger partial charge < -0.3 is 10.1 Å². The Kier molecular flexibility index (Phi) is 5.44. The van der Waals surface area contributed by atoms with Crippen LogP contribution in [0.1, 0.15) is 5.69 Å². The highest BCUT2D eigenvalue weighted by atomic mass is 19.1. The molecule has 0 aliphatic carbocycles. The normalized spacial score (nSPS) is 10.6. The number of para-hydroxylation sites is 1. The van der Waals surface area contributed by atoms with Gasteiger partial charge in [0.1, 0.15) is 11.4 Å². The Morgan fingerprint density at radius 2 is 1.93 bits per heavy atom. The van der Waals surface area contributed by atoms with E-state index in [-0.39, 0.29) is 11.4 Å². The number of nitrogens with zero attached hydrogens (tertiary/aromatic N) is 3.